The van der Waals surface area contributed by atoms with Gasteiger partial charge >= 0.3 is 0 Å². The summed E-state index contributed by atoms with van der Waals surface area (Å²) >= 11 is 12.0. The molecule has 2 fully saturated rings. The summed E-state index contributed by atoms with van der Waals surface area (Å²) in [6, 6.07) is 4.31. The average Bonchev–Trinajstić information content (AvgIpc) is 2.91. The van der Waals surface area contributed by atoms with Crippen molar-refractivity contribution in [3.8, 4) is 0 Å². The van der Waals surface area contributed by atoms with Gasteiger partial charge in [-0.25, -0.2) is 0 Å². The topological polar surface area (TPSA) is 99.1 Å². The lowest BCUT2D eigenvalue weighted by Crippen LogP contribution is -2.58. The molecule has 1 aromatic carbocycles. The number of nitrogens with zero attached hydrogens (tertiary/aromatic N) is 1. The van der Waals surface area contributed by atoms with E-state index in [9.17, 15) is 19.8 Å². The van der Waals surface area contributed by atoms with Gasteiger partial charge in [0.1, 0.15) is 30.7 Å². The first kappa shape index (κ1) is 20.4. The molecule has 7 nitrogen and oxygen atoms in total. The highest BCUT2D eigenvalue weighted by molar-refractivity contribution is 6.34. The molecular formula is C20H20Cl2N2O5. The number of carbonyl (C=O) groups is 2. The Hall–Kier alpha value is -1.90. The quantitative estimate of drug-likeness (QED) is 0.621. The summed E-state index contributed by atoms with van der Waals surface area (Å²) in [5.41, 5.74) is 0.740. The van der Waals surface area contributed by atoms with Crippen molar-refractivity contribution in [3.05, 3.63) is 57.8 Å². The van der Waals surface area contributed by atoms with Crippen molar-refractivity contribution in [2.45, 2.75) is 37.9 Å². The summed E-state index contributed by atoms with van der Waals surface area (Å²) in [6.45, 7) is 0.143. The van der Waals surface area contributed by atoms with Crippen LogP contribution in [0, 0.1) is 11.8 Å². The first-order valence-electron chi connectivity index (χ1n) is 9.30. The van der Waals surface area contributed by atoms with Crippen LogP contribution in [-0.4, -0.2) is 45.4 Å². The normalized spacial score (nSPS) is 31.7. The van der Waals surface area contributed by atoms with Crippen LogP contribution in [0.15, 0.2) is 42.2 Å². The van der Waals surface area contributed by atoms with E-state index < -0.39 is 36.2 Å². The van der Waals surface area contributed by atoms with Crippen LogP contribution in [0.25, 0.3) is 0 Å². The minimum atomic E-state index is -1.18. The van der Waals surface area contributed by atoms with Gasteiger partial charge in [0.2, 0.25) is 11.8 Å². The van der Waals surface area contributed by atoms with Crippen molar-refractivity contribution >= 4 is 35.0 Å². The van der Waals surface area contributed by atoms with Crippen LogP contribution in [0.3, 0.4) is 0 Å². The molecule has 1 aromatic rings. The zero-order valence-corrected chi connectivity index (χ0v) is 16.8. The maximum absolute atomic E-state index is 13.1. The molecule has 0 saturated carbocycles. The van der Waals surface area contributed by atoms with Gasteiger partial charge < -0.3 is 14.9 Å². The molecule has 0 spiro atoms. The molecule has 4 rings (SSSR count). The molecule has 5 atom stereocenters. The number of ether oxygens (including phenoxy) is 1. The maximum atomic E-state index is 13.1. The number of hydrogen-bond acceptors (Lipinski definition) is 6. The van der Waals surface area contributed by atoms with E-state index in [0.717, 1.165) is 10.5 Å². The first-order valence-corrected chi connectivity index (χ1v) is 10.1. The summed E-state index contributed by atoms with van der Waals surface area (Å²) in [5, 5.41) is 23.4. The Morgan fingerprint density at radius 2 is 1.83 bits per heavy atom. The van der Waals surface area contributed by atoms with Gasteiger partial charge in [-0.15, -0.1) is 0 Å². The second-order valence-corrected chi connectivity index (χ2v) is 8.22. The number of aliphatic hydroxyl groups excluding tert-OH is 2. The molecular weight excluding hydrogens is 419 g/mol. The Morgan fingerprint density at radius 3 is 2.52 bits per heavy atom. The first-order chi connectivity index (χ1) is 13.8. The van der Waals surface area contributed by atoms with Crippen molar-refractivity contribution in [3.63, 3.8) is 0 Å². The number of rotatable bonds is 4. The highest BCUT2D eigenvalue weighted by Crippen LogP contribution is 2.39. The molecule has 154 valence electrons. The van der Waals surface area contributed by atoms with E-state index in [-0.39, 0.29) is 12.5 Å². The molecule has 29 heavy (non-hydrogen) atoms. The molecule has 2 heterocycles. The van der Waals surface area contributed by atoms with E-state index in [1.54, 1.807) is 36.4 Å². The minimum Gasteiger partial charge on any atom is -0.492 e. The fourth-order valence-corrected chi connectivity index (χ4v) is 4.63. The summed E-state index contributed by atoms with van der Waals surface area (Å²) in [7, 11) is 0. The highest BCUT2D eigenvalue weighted by atomic mass is 35.5. The lowest BCUT2D eigenvalue weighted by Gasteiger charge is -2.36. The second-order valence-electron chi connectivity index (χ2n) is 7.34. The zero-order valence-electron chi connectivity index (χ0n) is 15.3. The van der Waals surface area contributed by atoms with Crippen LogP contribution in [0.5, 0.6) is 0 Å². The van der Waals surface area contributed by atoms with Gasteiger partial charge in [0.15, 0.2) is 0 Å². The largest absolute Gasteiger partial charge is 0.492 e. The van der Waals surface area contributed by atoms with E-state index in [1.807, 2.05) is 0 Å². The minimum absolute atomic E-state index is 0.143. The standard InChI is InChI=1S/C20H20Cl2N2O5/c21-11-6-10(7-12(22)8-11)9-29-15-3-1-2-13-17(15)20(28)24(19(13)27)14-4-5-16(25)23-18(14)26/h1-3,6-8,13-14,16-18,23,25-26H,4-5,9H2. The smallest absolute Gasteiger partial charge is 0.241 e. The number of carbonyl (C=O) groups excluding carboxylic acids is 2. The van der Waals surface area contributed by atoms with Crippen molar-refractivity contribution in [2.75, 3.05) is 0 Å². The van der Waals surface area contributed by atoms with Crippen LogP contribution >= 0.6 is 23.2 Å². The number of aliphatic hydroxyl groups is 2. The molecule has 2 amide bonds. The molecule has 2 aliphatic heterocycles. The fraction of sp³-hybridized carbons (Fsp3) is 0.400. The average molecular weight is 439 g/mol. The van der Waals surface area contributed by atoms with Crippen LogP contribution in [-0.2, 0) is 20.9 Å². The van der Waals surface area contributed by atoms with Gasteiger partial charge in [0.05, 0.1) is 12.0 Å². The lowest BCUT2D eigenvalue weighted by molar-refractivity contribution is -0.149. The van der Waals surface area contributed by atoms with Gasteiger partial charge in [0, 0.05) is 10.0 Å². The zero-order chi connectivity index (χ0) is 20.7. The summed E-state index contributed by atoms with van der Waals surface area (Å²) < 4.78 is 5.87. The summed E-state index contributed by atoms with van der Waals surface area (Å²) in [4.78, 5) is 27.1. The molecule has 2 saturated heterocycles. The Bertz CT molecular complexity index is 883. The molecule has 0 bridgehead atoms. The number of fused-ring (bicyclic) bond motifs is 1. The third-order valence-electron chi connectivity index (χ3n) is 5.39. The molecule has 0 aromatic heterocycles. The summed E-state index contributed by atoms with van der Waals surface area (Å²) in [6.07, 6.45) is 3.63. The number of nitrogens with one attached hydrogen (secondary N) is 1. The van der Waals surface area contributed by atoms with Crippen molar-refractivity contribution < 1.29 is 24.5 Å². The van der Waals surface area contributed by atoms with E-state index in [4.69, 9.17) is 27.9 Å². The Morgan fingerprint density at radius 1 is 1.10 bits per heavy atom. The predicted octanol–water partition coefficient (Wildman–Crippen LogP) is 1.95. The molecule has 1 aliphatic carbocycles. The number of halogens is 2. The van der Waals surface area contributed by atoms with E-state index in [0.29, 0.717) is 28.6 Å². The number of amides is 2. The lowest BCUT2D eigenvalue weighted by atomic mass is 9.89. The molecule has 0 radical (unpaired) electrons. The molecule has 5 unspecified atom stereocenters. The van der Waals surface area contributed by atoms with Crippen molar-refractivity contribution in [1.29, 1.82) is 0 Å². The van der Waals surface area contributed by atoms with Crippen molar-refractivity contribution in [1.82, 2.24) is 10.2 Å². The van der Waals surface area contributed by atoms with Gasteiger partial charge in [-0.05, 0) is 42.7 Å². The maximum Gasteiger partial charge on any atom is 0.241 e. The predicted molar refractivity (Wildman–Crippen MR) is 105 cm³/mol. The van der Waals surface area contributed by atoms with E-state index in [2.05, 4.69) is 5.32 Å². The van der Waals surface area contributed by atoms with Gasteiger partial charge in [-0.3, -0.25) is 19.8 Å². The van der Waals surface area contributed by atoms with Gasteiger partial charge in [-0.2, -0.15) is 0 Å². The monoisotopic (exact) mass is 438 g/mol. The SMILES string of the molecule is O=C1C2C=CC=C(OCc3cc(Cl)cc(Cl)c3)C2C(=O)N1C1CCC(O)NC1O. The highest BCUT2D eigenvalue weighted by Gasteiger charge is 2.53. The molecule has 9 heteroatoms. The van der Waals surface area contributed by atoms with Crippen LogP contribution in [0.1, 0.15) is 18.4 Å². The molecule has 3 N–H and O–H groups in total. The van der Waals surface area contributed by atoms with Gasteiger partial charge in [-0.1, -0.05) is 35.4 Å². The Kier molecular flexibility index (Phi) is 5.68. The molecule has 3 aliphatic rings. The number of benzene rings is 1. The number of imide groups is 1. The van der Waals surface area contributed by atoms with E-state index in [1.165, 1.54) is 0 Å². The number of hydrogen-bond donors (Lipinski definition) is 3. The van der Waals surface area contributed by atoms with Crippen molar-refractivity contribution in [2.24, 2.45) is 11.8 Å². The number of allylic oxidation sites excluding steroid dienone is 2. The Labute approximate surface area is 177 Å². The number of piperidine rings is 1. The van der Waals surface area contributed by atoms with Crippen LogP contribution < -0.4 is 5.32 Å². The third-order valence-corrected chi connectivity index (χ3v) is 5.83. The third kappa shape index (κ3) is 3.93. The number of likely N-dealkylation sites (tertiary alicyclic amines) is 1. The Balaban J connectivity index is 1.52. The summed E-state index contributed by atoms with van der Waals surface area (Å²) in [5.74, 6) is -1.86. The van der Waals surface area contributed by atoms with E-state index >= 15 is 0 Å². The van der Waals surface area contributed by atoms with Gasteiger partial charge in [0.25, 0.3) is 0 Å². The van der Waals surface area contributed by atoms with Crippen LogP contribution in [0.4, 0.5) is 0 Å². The fourth-order valence-electron chi connectivity index (χ4n) is 4.06. The van der Waals surface area contributed by atoms with Crippen LogP contribution in [0.2, 0.25) is 10.0 Å². The second kappa shape index (κ2) is 8.08.